The molecular weight excluding hydrogens is 364 g/mol. The fourth-order valence-corrected chi connectivity index (χ4v) is 2.93. The molecule has 0 atom stereocenters. The standard InChI is InChI=1S/C21H19ClN2O3/c1-14-11-18(23-20(25)17-5-3-4-6-19(17)27-2)21(26)24(12-14)13-15-7-9-16(22)10-8-15/h3-12H,13H2,1-2H3,(H,23,25). The van der Waals surface area contributed by atoms with Crippen molar-refractivity contribution in [3.63, 3.8) is 0 Å². The summed E-state index contributed by atoms with van der Waals surface area (Å²) in [4.78, 5) is 25.4. The summed E-state index contributed by atoms with van der Waals surface area (Å²) >= 11 is 5.91. The molecule has 0 radical (unpaired) electrons. The van der Waals surface area contributed by atoms with Gasteiger partial charge in [0.2, 0.25) is 0 Å². The number of carbonyl (C=O) groups is 1. The van der Waals surface area contributed by atoms with Gasteiger partial charge in [0, 0.05) is 11.2 Å². The van der Waals surface area contributed by atoms with E-state index in [1.54, 1.807) is 53.2 Å². The molecule has 0 saturated heterocycles. The fraction of sp³-hybridized carbons (Fsp3) is 0.143. The molecule has 1 aromatic heterocycles. The molecule has 0 unspecified atom stereocenters. The van der Waals surface area contributed by atoms with Crippen LogP contribution < -0.4 is 15.6 Å². The quantitative estimate of drug-likeness (QED) is 0.722. The summed E-state index contributed by atoms with van der Waals surface area (Å²) < 4.78 is 6.78. The Hall–Kier alpha value is -3.05. The largest absolute Gasteiger partial charge is 0.496 e. The first-order valence-corrected chi connectivity index (χ1v) is 8.75. The monoisotopic (exact) mass is 382 g/mol. The smallest absolute Gasteiger partial charge is 0.274 e. The van der Waals surface area contributed by atoms with E-state index in [0.717, 1.165) is 11.1 Å². The van der Waals surface area contributed by atoms with Gasteiger partial charge in [0.15, 0.2) is 0 Å². The molecule has 138 valence electrons. The zero-order valence-corrected chi connectivity index (χ0v) is 15.8. The van der Waals surface area contributed by atoms with Gasteiger partial charge in [-0.1, -0.05) is 35.9 Å². The molecule has 0 fully saturated rings. The van der Waals surface area contributed by atoms with E-state index in [1.807, 2.05) is 19.1 Å². The number of para-hydroxylation sites is 1. The number of carbonyl (C=O) groups excluding carboxylic acids is 1. The van der Waals surface area contributed by atoms with Crippen molar-refractivity contribution in [2.24, 2.45) is 0 Å². The zero-order chi connectivity index (χ0) is 19.4. The third-order valence-corrected chi connectivity index (χ3v) is 4.34. The van der Waals surface area contributed by atoms with E-state index in [9.17, 15) is 9.59 Å². The highest BCUT2D eigenvalue weighted by Gasteiger charge is 2.14. The lowest BCUT2D eigenvalue weighted by atomic mass is 10.1. The molecular formula is C21H19ClN2O3. The minimum absolute atomic E-state index is 0.222. The molecule has 3 rings (SSSR count). The highest BCUT2D eigenvalue weighted by atomic mass is 35.5. The van der Waals surface area contributed by atoms with Crippen molar-refractivity contribution >= 4 is 23.2 Å². The van der Waals surface area contributed by atoms with Crippen molar-refractivity contribution in [3.8, 4) is 5.75 Å². The maximum atomic E-state index is 12.8. The summed E-state index contributed by atoms with van der Waals surface area (Å²) in [5, 5.41) is 3.34. The van der Waals surface area contributed by atoms with Crippen LogP contribution in [0.1, 0.15) is 21.5 Å². The van der Waals surface area contributed by atoms with Crippen LogP contribution in [-0.4, -0.2) is 17.6 Å². The normalized spacial score (nSPS) is 10.5. The topological polar surface area (TPSA) is 60.3 Å². The number of nitrogens with one attached hydrogen (secondary N) is 1. The van der Waals surface area contributed by atoms with Crippen molar-refractivity contribution in [2.45, 2.75) is 13.5 Å². The highest BCUT2D eigenvalue weighted by Crippen LogP contribution is 2.19. The molecule has 27 heavy (non-hydrogen) atoms. The highest BCUT2D eigenvalue weighted by molar-refractivity contribution is 6.30. The lowest BCUT2D eigenvalue weighted by Crippen LogP contribution is -2.26. The molecule has 0 saturated carbocycles. The second-order valence-corrected chi connectivity index (χ2v) is 6.58. The number of pyridine rings is 1. The van der Waals surface area contributed by atoms with Crippen LogP contribution in [0.5, 0.6) is 5.75 Å². The van der Waals surface area contributed by atoms with Crippen LogP contribution in [-0.2, 0) is 6.54 Å². The van der Waals surface area contributed by atoms with Crippen LogP contribution in [0.2, 0.25) is 5.02 Å². The van der Waals surface area contributed by atoms with Gasteiger partial charge in [-0.05, 0) is 48.4 Å². The van der Waals surface area contributed by atoms with E-state index >= 15 is 0 Å². The van der Waals surface area contributed by atoms with Gasteiger partial charge in [-0.25, -0.2) is 0 Å². The van der Waals surface area contributed by atoms with Crippen LogP contribution in [0, 0.1) is 6.92 Å². The number of aromatic nitrogens is 1. The molecule has 6 heteroatoms. The Morgan fingerprint density at radius 2 is 1.85 bits per heavy atom. The number of methoxy groups -OCH3 is 1. The molecule has 1 N–H and O–H groups in total. The summed E-state index contributed by atoms with van der Waals surface area (Å²) in [5.74, 6) is 0.0531. The van der Waals surface area contributed by atoms with Gasteiger partial charge in [0.25, 0.3) is 11.5 Å². The SMILES string of the molecule is COc1ccccc1C(=O)Nc1cc(C)cn(Cc2ccc(Cl)cc2)c1=O. The van der Waals surface area contributed by atoms with Crippen molar-refractivity contribution in [1.29, 1.82) is 0 Å². The van der Waals surface area contributed by atoms with Crippen molar-refractivity contribution in [1.82, 2.24) is 4.57 Å². The van der Waals surface area contributed by atoms with Gasteiger partial charge in [0.1, 0.15) is 11.4 Å². The Morgan fingerprint density at radius 3 is 2.56 bits per heavy atom. The number of hydrogen-bond acceptors (Lipinski definition) is 3. The summed E-state index contributed by atoms with van der Waals surface area (Å²) in [6, 6.07) is 15.8. The van der Waals surface area contributed by atoms with Crippen LogP contribution in [0.3, 0.4) is 0 Å². The van der Waals surface area contributed by atoms with Gasteiger partial charge < -0.3 is 14.6 Å². The van der Waals surface area contributed by atoms with E-state index < -0.39 is 5.91 Å². The number of anilines is 1. The molecule has 1 heterocycles. The van der Waals surface area contributed by atoms with Gasteiger partial charge >= 0.3 is 0 Å². The fourth-order valence-electron chi connectivity index (χ4n) is 2.80. The summed E-state index contributed by atoms with van der Waals surface area (Å²) in [5.41, 5.74) is 2.11. The molecule has 3 aromatic rings. The van der Waals surface area contributed by atoms with Crippen LogP contribution in [0.4, 0.5) is 5.69 Å². The lowest BCUT2D eigenvalue weighted by molar-refractivity contribution is 0.102. The molecule has 0 aliphatic carbocycles. The zero-order valence-electron chi connectivity index (χ0n) is 15.0. The Morgan fingerprint density at radius 1 is 1.15 bits per heavy atom. The molecule has 0 aliphatic heterocycles. The molecule has 0 bridgehead atoms. The number of ether oxygens (including phenoxy) is 1. The second kappa shape index (κ2) is 8.10. The number of hydrogen-bond donors (Lipinski definition) is 1. The van der Waals surface area contributed by atoms with E-state index in [1.165, 1.54) is 7.11 Å². The predicted molar refractivity (Wildman–Crippen MR) is 107 cm³/mol. The maximum absolute atomic E-state index is 12.8. The van der Waals surface area contributed by atoms with Gasteiger partial charge in [0.05, 0.1) is 19.2 Å². The van der Waals surface area contributed by atoms with E-state index in [2.05, 4.69) is 5.32 Å². The molecule has 5 nitrogen and oxygen atoms in total. The first-order valence-electron chi connectivity index (χ1n) is 8.38. The molecule has 2 aromatic carbocycles. The number of rotatable bonds is 5. The van der Waals surface area contributed by atoms with Crippen molar-refractivity contribution in [3.05, 3.63) is 92.9 Å². The van der Waals surface area contributed by atoms with Gasteiger partial charge in [-0.15, -0.1) is 0 Å². The van der Waals surface area contributed by atoms with Crippen LogP contribution >= 0.6 is 11.6 Å². The number of aryl methyl sites for hydroxylation is 1. The lowest BCUT2D eigenvalue weighted by Gasteiger charge is -2.12. The van der Waals surface area contributed by atoms with Crippen LogP contribution in [0.25, 0.3) is 0 Å². The van der Waals surface area contributed by atoms with Gasteiger partial charge in [-0.2, -0.15) is 0 Å². The average Bonchev–Trinajstić information content (AvgIpc) is 2.67. The minimum atomic E-state index is -0.395. The van der Waals surface area contributed by atoms with E-state index in [-0.39, 0.29) is 11.2 Å². The van der Waals surface area contributed by atoms with Crippen LogP contribution in [0.15, 0.2) is 65.6 Å². The first-order chi connectivity index (χ1) is 13.0. The Labute approximate surface area is 162 Å². The van der Waals surface area contributed by atoms with Gasteiger partial charge in [-0.3, -0.25) is 9.59 Å². The van der Waals surface area contributed by atoms with Crippen molar-refractivity contribution < 1.29 is 9.53 Å². The second-order valence-electron chi connectivity index (χ2n) is 6.15. The molecule has 0 aliphatic rings. The minimum Gasteiger partial charge on any atom is -0.496 e. The van der Waals surface area contributed by atoms with E-state index in [4.69, 9.17) is 16.3 Å². The third-order valence-electron chi connectivity index (χ3n) is 4.09. The summed E-state index contributed by atoms with van der Waals surface area (Å²) in [6.07, 6.45) is 1.76. The molecule has 0 spiro atoms. The number of benzene rings is 2. The van der Waals surface area contributed by atoms with Crippen molar-refractivity contribution in [2.75, 3.05) is 12.4 Å². The Bertz CT molecular complexity index is 1030. The summed E-state index contributed by atoms with van der Waals surface area (Å²) in [7, 11) is 1.50. The first kappa shape index (κ1) is 18.7. The van der Waals surface area contributed by atoms with E-state index in [0.29, 0.717) is 22.9 Å². The predicted octanol–water partition coefficient (Wildman–Crippen LogP) is 4.12. The Balaban J connectivity index is 1.90. The average molecular weight is 383 g/mol. The number of nitrogens with zero attached hydrogens (tertiary/aromatic N) is 1. The third kappa shape index (κ3) is 4.38. The number of halogens is 1. The maximum Gasteiger partial charge on any atom is 0.274 e. The molecule has 1 amide bonds. The summed E-state index contributed by atoms with van der Waals surface area (Å²) in [6.45, 7) is 2.26. The Kier molecular flexibility index (Phi) is 5.62. The number of amides is 1.